The Morgan fingerprint density at radius 3 is 1.23 bits per heavy atom. The van der Waals surface area contributed by atoms with Crippen molar-refractivity contribution in [3.8, 4) is 67.3 Å². The van der Waals surface area contributed by atoms with E-state index < -0.39 is 0 Å². The van der Waals surface area contributed by atoms with Crippen LogP contribution in [0.25, 0.3) is 99.6 Å². The number of aromatic nitrogens is 2. The van der Waals surface area contributed by atoms with Gasteiger partial charge < -0.3 is 0 Å². The Kier molecular flexibility index (Phi) is 7.18. The van der Waals surface area contributed by atoms with Crippen LogP contribution in [0.15, 0.2) is 194 Å². The molecule has 1 aromatic heterocycles. The van der Waals surface area contributed by atoms with Gasteiger partial charge in [-0.1, -0.05) is 182 Å². The molecule has 0 unspecified atom stereocenters. The van der Waals surface area contributed by atoms with E-state index in [1.165, 1.54) is 65.7 Å². The molecule has 0 saturated heterocycles. The van der Waals surface area contributed by atoms with Crippen LogP contribution in [0.2, 0.25) is 0 Å². The molecule has 0 N–H and O–H groups in total. The second-order valence-electron chi connectivity index (χ2n) is 13.4. The van der Waals surface area contributed by atoms with E-state index in [0.717, 1.165) is 33.9 Å². The maximum Gasteiger partial charge on any atom is 0.160 e. The fourth-order valence-electron chi connectivity index (χ4n) is 7.67. The van der Waals surface area contributed by atoms with Gasteiger partial charge in [-0.3, -0.25) is 0 Å². The van der Waals surface area contributed by atoms with E-state index in [0.29, 0.717) is 0 Å². The molecule has 0 radical (unpaired) electrons. The van der Waals surface area contributed by atoms with Crippen molar-refractivity contribution in [1.29, 1.82) is 0 Å². The van der Waals surface area contributed by atoms with E-state index in [1.807, 2.05) is 24.3 Å². The van der Waals surface area contributed by atoms with Gasteiger partial charge in [0.1, 0.15) is 0 Å². The molecule has 0 fully saturated rings. The van der Waals surface area contributed by atoms with E-state index >= 15 is 0 Å². The first-order valence-corrected chi connectivity index (χ1v) is 17.7. The fourth-order valence-corrected chi connectivity index (χ4v) is 7.67. The molecule has 0 aliphatic heterocycles. The Hall–Kier alpha value is -6.90. The highest BCUT2D eigenvalue weighted by Gasteiger charge is 2.17. The van der Waals surface area contributed by atoms with Crippen molar-refractivity contribution in [1.82, 2.24) is 9.97 Å². The molecule has 2 nitrogen and oxygen atoms in total. The van der Waals surface area contributed by atoms with Crippen LogP contribution < -0.4 is 0 Å². The van der Waals surface area contributed by atoms with Crippen LogP contribution in [0.3, 0.4) is 0 Å². The van der Waals surface area contributed by atoms with Crippen LogP contribution in [-0.4, -0.2) is 9.97 Å². The smallest absolute Gasteiger partial charge is 0.160 e. The van der Waals surface area contributed by atoms with Gasteiger partial charge in [0.25, 0.3) is 0 Å². The summed E-state index contributed by atoms with van der Waals surface area (Å²) >= 11 is 0. The lowest BCUT2D eigenvalue weighted by molar-refractivity contribution is 1.18. The zero-order valence-electron chi connectivity index (χ0n) is 28.4. The second kappa shape index (κ2) is 12.5. The number of benzene rings is 9. The SMILES string of the molecule is c1ccc(-c2ccc(-c3cc(-c4ccc(-c5cc(-c6ccccc6)nc(-c6ccccc6)n5)cc4)c4ccc5cccc6ccc3c4c65)cc2)cc1. The molecule has 10 aromatic rings. The highest BCUT2D eigenvalue weighted by atomic mass is 14.9. The van der Waals surface area contributed by atoms with E-state index in [9.17, 15) is 0 Å². The van der Waals surface area contributed by atoms with Crippen molar-refractivity contribution in [2.75, 3.05) is 0 Å². The highest BCUT2D eigenvalue weighted by molar-refractivity contribution is 6.28. The minimum Gasteiger partial charge on any atom is -0.228 e. The van der Waals surface area contributed by atoms with Crippen LogP contribution in [-0.2, 0) is 0 Å². The summed E-state index contributed by atoms with van der Waals surface area (Å²) in [5, 5.41) is 7.70. The Labute approximate surface area is 302 Å². The van der Waals surface area contributed by atoms with E-state index in [2.05, 4.69) is 170 Å². The molecule has 0 spiro atoms. The van der Waals surface area contributed by atoms with E-state index in [4.69, 9.17) is 9.97 Å². The van der Waals surface area contributed by atoms with Gasteiger partial charge in [-0.25, -0.2) is 9.97 Å². The maximum atomic E-state index is 5.08. The van der Waals surface area contributed by atoms with Gasteiger partial charge in [0.15, 0.2) is 5.82 Å². The molecule has 1 heterocycles. The summed E-state index contributed by atoms with van der Waals surface area (Å²) in [7, 11) is 0. The Bertz CT molecular complexity index is 2770. The van der Waals surface area contributed by atoms with Gasteiger partial charge >= 0.3 is 0 Å². The van der Waals surface area contributed by atoms with Crippen LogP contribution in [0.1, 0.15) is 0 Å². The zero-order chi connectivity index (χ0) is 34.4. The van der Waals surface area contributed by atoms with Crippen molar-refractivity contribution < 1.29 is 0 Å². The number of hydrogen-bond acceptors (Lipinski definition) is 2. The van der Waals surface area contributed by atoms with Crippen LogP contribution in [0.5, 0.6) is 0 Å². The summed E-state index contributed by atoms with van der Waals surface area (Å²) < 4.78 is 0. The lowest BCUT2D eigenvalue weighted by atomic mass is 9.85. The minimum absolute atomic E-state index is 0.718. The average molecular weight is 661 g/mol. The number of nitrogens with zero attached hydrogens (tertiary/aromatic N) is 2. The van der Waals surface area contributed by atoms with Crippen molar-refractivity contribution in [2.45, 2.75) is 0 Å². The summed E-state index contributed by atoms with van der Waals surface area (Å²) in [5.41, 5.74) is 12.2. The molecular formula is C50H32N2. The maximum absolute atomic E-state index is 5.08. The standard InChI is InChI=1S/C50H32N2/c1-4-11-33(12-5-1)34-19-21-35(22-20-34)44-31-45(43-30-28-40-18-10-17-39-27-29-42(44)49(43)48(39)40)36-23-25-38(26-24-36)47-32-46(37-13-6-2-7-14-37)51-50(52-47)41-15-8-3-9-16-41/h1-32H. The molecule has 0 amide bonds. The first kappa shape index (κ1) is 30.0. The normalized spacial score (nSPS) is 11.5. The summed E-state index contributed by atoms with van der Waals surface area (Å²) in [5.74, 6) is 0.718. The molecule has 0 saturated carbocycles. The average Bonchev–Trinajstić information content (AvgIpc) is 3.23. The lowest BCUT2D eigenvalue weighted by Gasteiger charge is -2.18. The van der Waals surface area contributed by atoms with E-state index in [-0.39, 0.29) is 0 Å². The predicted octanol–water partition coefficient (Wildman–Crippen LogP) is 13.4. The third kappa shape index (κ3) is 5.21. The van der Waals surface area contributed by atoms with Crippen molar-refractivity contribution in [3.63, 3.8) is 0 Å². The van der Waals surface area contributed by atoms with Crippen LogP contribution >= 0.6 is 0 Å². The molecule has 0 bridgehead atoms. The van der Waals surface area contributed by atoms with Crippen LogP contribution in [0, 0.1) is 0 Å². The quantitative estimate of drug-likeness (QED) is 0.166. The predicted molar refractivity (Wildman–Crippen MR) is 218 cm³/mol. The number of rotatable bonds is 6. The Morgan fingerprint density at radius 1 is 0.269 bits per heavy atom. The first-order chi connectivity index (χ1) is 25.8. The van der Waals surface area contributed by atoms with Crippen molar-refractivity contribution >= 4 is 32.3 Å². The van der Waals surface area contributed by atoms with Gasteiger partial charge in [0, 0.05) is 16.7 Å². The third-order valence-corrected chi connectivity index (χ3v) is 10.3. The molecule has 52 heavy (non-hydrogen) atoms. The first-order valence-electron chi connectivity index (χ1n) is 17.7. The lowest BCUT2D eigenvalue weighted by Crippen LogP contribution is -1.96. The molecule has 10 rings (SSSR count). The zero-order valence-corrected chi connectivity index (χ0v) is 28.4. The van der Waals surface area contributed by atoms with Crippen LogP contribution in [0.4, 0.5) is 0 Å². The summed E-state index contributed by atoms with van der Waals surface area (Å²) in [6.45, 7) is 0. The molecular weight excluding hydrogens is 629 g/mol. The summed E-state index contributed by atoms with van der Waals surface area (Å²) in [6.07, 6.45) is 0. The summed E-state index contributed by atoms with van der Waals surface area (Å²) in [6, 6.07) is 69.3. The molecule has 0 aliphatic carbocycles. The van der Waals surface area contributed by atoms with Gasteiger partial charge in [-0.05, 0) is 77.8 Å². The highest BCUT2D eigenvalue weighted by Crippen LogP contribution is 2.44. The topological polar surface area (TPSA) is 25.8 Å². The second-order valence-corrected chi connectivity index (χ2v) is 13.4. The molecule has 0 atom stereocenters. The monoisotopic (exact) mass is 660 g/mol. The Balaban J connectivity index is 1.13. The fraction of sp³-hybridized carbons (Fsp3) is 0. The van der Waals surface area contributed by atoms with Crippen molar-refractivity contribution in [2.24, 2.45) is 0 Å². The van der Waals surface area contributed by atoms with Gasteiger partial charge in [-0.15, -0.1) is 0 Å². The van der Waals surface area contributed by atoms with Crippen molar-refractivity contribution in [3.05, 3.63) is 194 Å². The van der Waals surface area contributed by atoms with E-state index in [1.54, 1.807) is 0 Å². The van der Waals surface area contributed by atoms with Gasteiger partial charge in [0.05, 0.1) is 11.4 Å². The van der Waals surface area contributed by atoms with Gasteiger partial charge in [0.2, 0.25) is 0 Å². The minimum atomic E-state index is 0.718. The van der Waals surface area contributed by atoms with Gasteiger partial charge in [-0.2, -0.15) is 0 Å². The molecule has 242 valence electrons. The third-order valence-electron chi connectivity index (χ3n) is 10.3. The number of hydrogen-bond donors (Lipinski definition) is 0. The molecule has 9 aromatic carbocycles. The molecule has 2 heteroatoms. The largest absolute Gasteiger partial charge is 0.228 e. The summed E-state index contributed by atoms with van der Waals surface area (Å²) in [4.78, 5) is 10.1. The molecule has 0 aliphatic rings. The Morgan fingerprint density at radius 2 is 0.692 bits per heavy atom.